The summed E-state index contributed by atoms with van der Waals surface area (Å²) in [6.07, 6.45) is 0. The third-order valence-corrected chi connectivity index (χ3v) is 9.35. The van der Waals surface area contributed by atoms with Crippen LogP contribution < -0.4 is 0 Å². The first-order chi connectivity index (χ1) is 19.6. The molecular formula is C39H27N. The molecule has 0 amide bonds. The molecule has 0 atom stereocenters. The Labute approximate surface area is 232 Å². The second-order valence-electron chi connectivity index (χ2n) is 11.8. The Bertz CT molecular complexity index is 2330. The first kappa shape index (κ1) is 22.0. The van der Waals surface area contributed by atoms with Crippen molar-refractivity contribution in [1.29, 1.82) is 0 Å². The summed E-state index contributed by atoms with van der Waals surface area (Å²) in [5.74, 6) is 0. The van der Waals surface area contributed by atoms with Gasteiger partial charge in [0.05, 0.1) is 11.0 Å². The monoisotopic (exact) mass is 509 g/mol. The molecule has 9 rings (SSSR count). The fourth-order valence-electron chi connectivity index (χ4n) is 7.45. The van der Waals surface area contributed by atoms with Gasteiger partial charge >= 0.3 is 0 Å². The topological polar surface area (TPSA) is 4.93 Å². The van der Waals surface area contributed by atoms with Gasteiger partial charge in [0.1, 0.15) is 0 Å². The lowest BCUT2D eigenvalue weighted by molar-refractivity contribution is 0.662. The van der Waals surface area contributed by atoms with Crippen molar-refractivity contribution in [3.63, 3.8) is 0 Å². The summed E-state index contributed by atoms with van der Waals surface area (Å²) in [6, 6.07) is 47.3. The maximum absolute atomic E-state index is 2.49. The van der Waals surface area contributed by atoms with E-state index in [9.17, 15) is 0 Å². The maximum Gasteiger partial charge on any atom is 0.0544 e. The van der Waals surface area contributed by atoms with Crippen LogP contribution in [-0.4, -0.2) is 4.57 Å². The predicted molar refractivity (Wildman–Crippen MR) is 171 cm³/mol. The van der Waals surface area contributed by atoms with Crippen molar-refractivity contribution in [2.75, 3.05) is 0 Å². The van der Waals surface area contributed by atoms with Gasteiger partial charge in [0.25, 0.3) is 0 Å². The normalized spacial score (nSPS) is 13.9. The molecule has 0 N–H and O–H groups in total. The largest absolute Gasteiger partial charge is 0.309 e. The summed E-state index contributed by atoms with van der Waals surface area (Å²) in [4.78, 5) is 0. The van der Waals surface area contributed by atoms with Crippen molar-refractivity contribution in [1.82, 2.24) is 4.57 Å². The summed E-state index contributed by atoms with van der Waals surface area (Å²) in [5, 5.41) is 10.6. The van der Waals surface area contributed by atoms with E-state index in [4.69, 9.17) is 0 Å². The quantitative estimate of drug-likeness (QED) is 0.194. The van der Waals surface area contributed by atoms with E-state index in [-0.39, 0.29) is 5.41 Å². The summed E-state index contributed by atoms with van der Waals surface area (Å²) in [7, 11) is 0. The van der Waals surface area contributed by atoms with Gasteiger partial charge in [-0.2, -0.15) is 0 Å². The molecule has 0 bridgehead atoms. The van der Waals surface area contributed by atoms with E-state index in [1.807, 2.05) is 0 Å². The average molecular weight is 510 g/mol. The Balaban J connectivity index is 1.42. The van der Waals surface area contributed by atoms with Crippen LogP contribution in [0, 0.1) is 0 Å². The lowest BCUT2D eigenvalue weighted by Gasteiger charge is -2.22. The zero-order valence-electron chi connectivity index (χ0n) is 22.6. The number of aromatic nitrogens is 1. The zero-order valence-corrected chi connectivity index (χ0v) is 22.6. The number of hydrogen-bond donors (Lipinski definition) is 0. The van der Waals surface area contributed by atoms with Gasteiger partial charge in [0, 0.05) is 21.9 Å². The molecule has 0 aliphatic heterocycles. The van der Waals surface area contributed by atoms with Gasteiger partial charge in [-0.05, 0) is 97.0 Å². The fourth-order valence-corrected chi connectivity index (χ4v) is 7.45. The number of fused-ring (bicyclic) bond motifs is 12. The lowest BCUT2D eigenvalue weighted by Crippen LogP contribution is -2.15. The molecule has 188 valence electrons. The van der Waals surface area contributed by atoms with Gasteiger partial charge in [0.15, 0.2) is 0 Å². The van der Waals surface area contributed by atoms with E-state index in [2.05, 4.69) is 146 Å². The van der Waals surface area contributed by atoms with Crippen LogP contribution in [0.15, 0.2) is 127 Å². The van der Waals surface area contributed by atoms with Crippen LogP contribution in [0.25, 0.3) is 70.9 Å². The second kappa shape index (κ2) is 7.61. The molecule has 1 heteroatoms. The van der Waals surface area contributed by atoms with E-state index in [1.165, 1.54) is 82.1 Å². The minimum absolute atomic E-state index is 0.113. The zero-order chi connectivity index (χ0) is 26.6. The molecule has 1 aliphatic rings. The Hall–Kier alpha value is -4.88. The van der Waals surface area contributed by atoms with Crippen molar-refractivity contribution in [3.05, 3.63) is 139 Å². The maximum atomic E-state index is 2.49. The van der Waals surface area contributed by atoms with Crippen LogP contribution in [0.3, 0.4) is 0 Å². The molecule has 40 heavy (non-hydrogen) atoms. The molecule has 1 heterocycles. The molecule has 0 unspecified atom stereocenters. The van der Waals surface area contributed by atoms with E-state index >= 15 is 0 Å². The SMILES string of the molecule is CC1(C)c2cc3c4ccccc4c4ccccc4c3cc2-c2cc3c4ccccc4n(-c4ccccc4)c3cc21. The first-order valence-corrected chi connectivity index (χ1v) is 14.1. The van der Waals surface area contributed by atoms with Crippen molar-refractivity contribution in [3.8, 4) is 16.8 Å². The third-order valence-electron chi connectivity index (χ3n) is 9.35. The number of hydrogen-bond acceptors (Lipinski definition) is 0. The van der Waals surface area contributed by atoms with E-state index in [0.717, 1.165) is 0 Å². The van der Waals surface area contributed by atoms with Crippen molar-refractivity contribution in [2.24, 2.45) is 0 Å². The molecule has 0 spiro atoms. The van der Waals surface area contributed by atoms with Crippen LogP contribution >= 0.6 is 0 Å². The number of para-hydroxylation sites is 2. The first-order valence-electron chi connectivity index (χ1n) is 14.1. The number of rotatable bonds is 1. The highest BCUT2D eigenvalue weighted by Gasteiger charge is 2.37. The van der Waals surface area contributed by atoms with Crippen molar-refractivity contribution in [2.45, 2.75) is 19.3 Å². The summed E-state index contributed by atoms with van der Waals surface area (Å²) in [6.45, 7) is 4.79. The highest BCUT2D eigenvalue weighted by atomic mass is 15.0. The minimum Gasteiger partial charge on any atom is -0.309 e. The second-order valence-corrected chi connectivity index (χ2v) is 11.8. The number of benzene rings is 7. The highest BCUT2D eigenvalue weighted by molar-refractivity contribution is 6.26. The molecule has 1 aliphatic carbocycles. The molecule has 8 aromatic rings. The van der Waals surface area contributed by atoms with Crippen LogP contribution in [0.2, 0.25) is 0 Å². The van der Waals surface area contributed by atoms with E-state index in [0.29, 0.717) is 0 Å². The van der Waals surface area contributed by atoms with Crippen LogP contribution in [0.5, 0.6) is 0 Å². The smallest absolute Gasteiger partial charge is 0.0544 e. The fraction of sp³-hybridized carbons (Fsp3) is 0.0769. The molecule has 0 radical (unpaired) electrons. The van der Waals surface area contributed by atoms with Gasteiger partial charge < -0.3 is 4.57 Å². The molecule has 0 saturated heterocycles. The van der Waals surface area contributed by atoms with Crippen molar-refractivity contribution >= 4 is 54.1 Å². The Morgan fingerprint density at radius 1 is 0.400 bits per heavy atom. The summed E-state index contributed by atoms with van der Waals surface area (Å²) >= 11 is 0. The Morgan fingerprint density at radius 3 is 1.52 bits per heavy atom. The van der Waals surface area contributed by atoms with Crippen LogP contribution in [0.4, 0.5) is 0 Å². The van der Waals surface area contributed by atoms with Crippen molar-refractivity contribution < 1.29 is 0 Å². The minimum atomic E-state index is -0.113. The lowest BCUT2D eigenvalue weighted by atomic mass is 9.81. The Morgan fingerprint density at radius 2 is 0.875 bits per heavy atom. The van der Waals surface area contributed by atoms with Crippen LogP contribution in [0.1, 0.15) is 25.0 Å². The molecular weight excluding hydrogens is 482 g/mol. The van der Waals surface area contributed by atoms with Gasteiger partial charge in [-0.25, -0.2) is 0 Å². The highest BCUT2D eigenvalue weighted by Crippen LogP contribution is 2.53. The average Bonchev–Trinajstić information content (AvgIpc) is 3.44. The number of nitrogens with zero attached hydrogens (tertiary/aromatic N) is 1. The molecule has 0 fully saturated rings. The van der Waals surface area contributed by atoms with Gasteiger partial charge in [-0.15, -0.1) is 0 Å². The summed E-state index contributed by atoms with van der Waals surface area (Å²) < 4.78 is 2.43. The third kappa shape index (κ3) is 2.72. The standard InChI is InChI=1S/C39H27N/c1-39(2)35-22-31-28-17-9-7-15-26(28)25-14-6-8-16-27(25)30(31)20-32(35)33-21-34-29-18-10-11-19-37(29)40(38(34)23-36(33)39)24-12-4-3-5-13-24/h3-23H,1-2H3. The van der Waals surface area contributed by atoms with E-state index in [1.54, 1.807) is 0 Å². The van der Waals surface area contributed by atoms with Crippen LogP contribution in [-0.2, 0) is 5.41 Å². The summed E-state index contributed by atoms with van der Waals surface area (Å²) in [5.41, 5.74) is 9.16. The van der Waals surface area contributed by atoms with Gasteiger partial charge in [0.2, 0.25) is 0 Å². The molecule has 0 saturated carbocycles. The molecule has 1 aromatic heterocycles. The van der Waals surface area contributed by atoms with E-state index < -0.39 is 0 Å². The molecule has 1 nitrogen and oxygen atoms in total. The predicted octanol–water partition coefficient (Wildman–Crippen LogP) is 10.5. The molecule has 7 aromatic carbocycles. The van der Waals surface area contributed by atoms with Gasteiger partial charge in [-0.3, -0.25) is 0 Å². The Kier molecular flexibility index (Phi) is 4.18. The van der Waals surface area contributed by atoms with Gasteiger partial charge in [-0.1, -0.05) is 98.8 Å².